The van der Waals surface area contributed by atoms with E-state index in [-0.39, 0.29) is 17.4 Å². The normalized spacial score (nSPS) is 15.0. The Bertz CT molecular complexity index is 1430. The van der Waals surface area contributed by atoms with E-state index in [1.54, 1.807) is 22.5 Å². The molecule has 3 aromatic carbocycles. The summed E-state index contributed by atoms with van der Waals surface area (Å²) >= 11 is 1.24. The number of carbonyl (C=O) groups excluding carboxylic acids is 1. The zero-order valence-electron chi connectivity index (χ0n) is 17.9. The largest absolute Gasteiger partial charge is 0.484 e. The second kappa shape index (κ2) is 9.09. The first kappa shape index (κ1) is 21.8. The third kappa shape index (κ3) is 4.71. The lowest BCUT2D eigenvalue weighted by atomic mass is 10.1. The highest BCUT2D eigenvalue weighted by Crippen LogP contribution is 2.30. The van der Waals surface area contributed by atoms with Crippen LogP contribution in [0.15, 0.2) is 65.6 Å². The molecule has 4 aromatic rings. The number of piperidine rings is 1. The van der Waals surface area contributed by atoms with Crippen molar-refractivity contribution in [3.05, 3.63) is 60.7 Å². The maximum atomic E-state index is 12.9. The molecule has 1 saturated heterocycles. The number of rotatable bonds is 6. The maximum absolute atomic E-state index is 12.9. The van der Waals surface area contributed by atoms with Crippen molar-refractivity contribution in [1.29, 1.82) is 0 Å². The highest BCUT2D eigenvalue weighted by molar-refractivity contribution is 7.89. The number of aromatic nitrogens is 1. The number of ether oxygens (including phenoxy) is 1. The number of nitrogens with zero attached hydrogens (tertiary/aromatic N) is 2. The molecule has 0 aliphatic carbocycles. The molecule has 2 heterocycles. The predicted molar refractivity (Wildman–Crippen MR) is 130 cm³/mol. The topological polar surface area (TPSA) is 88.6 Å². The van der Waals surface area contributed by atoms with Crippen molar-refractivity contribution in [3.63, 3.8) is 0 Å². The molecule has 1 aromatic heterocycles. The van der Waals surface area contributed by atoms with Crippen LogP contribution in [0, 0.1) is 0 Å². The first-order chi connectivity index (χ1) is 16.0. The first-order valence-corrected chi connectivity index (χ1v) is 13.1. The minimum atomic E-state index is -3.52. The Morgan fingerprint density at radius 3 is 2.61 bits per heavy atom. The highest BCUT2D eigenvalue weighted by atomic mass is 32.2. The van der Waals surface area contributed by atoms with Gasteiger partial charge in [0.25, 0.3) is 5.91 Å². The maximum Gasteiger partial charge on any atom is 0.264 e. The standard InChI is InChI=1S/C24H23N3O4S2/c28-23(16-31-19-9-8-17-6-2-3-7-18(17)14-19)26-24-25-21-11-10-20(15-22(21)32-24)33(29,30)27-12-4-1-5-13-27/h2-3,6-11,14-15H,1,4-5,12-13,16H2,(H,25,26,28). The summed E-state index contributed by atoms with van der Waals surface area (Å²) in [4.78, 5) is 17.1. The van der Waals surface area contributed by atoms with Crippen LogP contribution < -0.4 is 10.1 Å². The van der Waals surface area contributed by atoms with E-state index in [4.69, 9.17) is 4.74 Å². The van der Waals surface area contributed by atoms with Gasteiger partial charge in [0, 0.05) is 13.1 Å². The van der Waals surface area contributed by atoms with Gasteiger partial charge in [-0.2, -0.15) is 4.31 Å². The van der Waals surface area contributed by atoms with Gasteiger partial charge >= 0.3 is 0 Å². The van der Waals surface area contributed by atoms with Gasteiger partial charge in [-0.05, 0) is 53.9 Å². The van der Waals surface area contributed by atoms with Gasteiger partial charge in [-0.1, -0.05) is 48.1 Å². The first-order valence-electron chi connectivity index (χ1n) is 10.8. The van der Waals surface area contributed by atoms with Crippen LogP contribution in [-0.2, 0) is 14.8 Å². The van der Waals surface area contributed by atoms with Gasteiger partial charge in [0.1, 0.15) is 5.75 Å². The van der Waals surface area contributed by atoms with Gasteiger partial charge in [0.05, 0.1) is 15.1 Å². The van der Waals surface area contributed by atoms with Gasteiger partial charge < -0.3 is 4.74 Å². The van der Waals surface area contributed by atoms with E-state index in [2.05, 4.69) is 10.3 Å². The second-order valence-corrected chi connectivity index (χ2v) is 10.9. The number of hydrogen-bond donors (Lipinski definition) is 1. The zero-order valence-corrected chi connectivity index (χ0v) is 19.5. The monoisotopic (exact) mass is 481 g/mol. The third-order valence-corrected chi connectivity index (χ3v) is 8.48. The van der Waals surface area contributed by atoms with Crippen molar-refractivity contribution in [3.8, 4) is 5.75 Å². The minimum Gasteiger partial charge on any atom is -0.484 e. The lowest BCUT2D eigenvalue weighted by Crippen LogP contribution is -2.35. The van der Waals surface area contributed by atoms with E-state index in [0.29, 0.717) is 34.2 Å². The summed E-state index contributed by atoms with van der Waals surface area (Å²) in [5.74, 6) is 0.282. The summed E-state index contributed by atoms with van der Waals surface area (Å²) in [6.45, 7) is 0.964. The SMILES string of the molecule is O=C(COc1ccc2ccccc2c1)Nc1nc2ccc(S(=O)(=O)N3CCCCC3)cc2s1. The predicted octanol–water partition coefficient (Wildman–Crippen LogP) is 4.64. The molecular weight excluding hydrogens is 458 g/mol. The number of carbonyl (C=O) groups is 1. The Morgan fingerprint density at radius 2 is 1.79 bits per heavy atom. The van der Waals surface area contributed by atoms with Crippen LogP contribution in [0.1, 0.15) is 19.3 Å². The number of anilines is 1. The Labute approximate surface area is 196 Å². The van der Waals surface area contributed by atoms with Crippen LogP contribution in [-0.4, -0.2) is 43.3 Å². The fraction of sp³-hybridized carbons (Fsp3) is 0.250. The molecule has 0 radical (unpaired) electrons. The molecule has 5 rings (SSSR count). The molecule has 1 aliphatic rings. The molecule has 1 amide bonds. The lowest BCUT2D eigenvalue weighted by molar-refractivity contribution is -0.118. The van der Waals surface area contributed by atoms with Crippen molar-refractivity contribution < 1.29 is 17.9 Å². The number of nitrogens with one attached hydrogen (secondary N) is 1. The van der Waals surface area contributed by atoms with E-state index >= 15 is 0 Å². The highest BCUT2D eigenvalue weighted by Gasteiger charge is 2.26. The van der Waals surface area contributed by atoms with E-state index in [1.165, 1.54) is 11.3 Å². The summed E-state index contributed by atoms with van der Waals surface area (Å²) in [5, 5.41) is 5.29. The van der Waals surface area contributed by atoms with Crippen molar-refractivity contribution in [2.24, 2.45) is 0 Å². The molecule has 1 N–H and O–H groups in total. The van der Waals surface area contributed by atoms with E-state index in [0.717, 1.165) is 30.0 Å². The van der Waals surface area contributed by atoms with E-state index in [1.807, 2.05) is 42.5 Å². The zero-order chi connectivity index (χ0) is 22.8. The summed E-state index contributed by atoms with van der Waals surface area (Å²) in [6.07, 6.45) is 2.84. The number of thiazole rings is 1. The van der Waals surface area contributed by atoms with Gasteiger partial charge in [-0.25, -0.2) is 13.4 Å². The van der Waals surface area contributed by atoms with Crippen LogP contribution >= 0.6 is 11.3 Å². The van der Waals surface area contributed by atoms with Crippen molar-refractivity contribution >= 4 is 53.4 Å². The Morgan fingerprint density at radius 1 is 1.00 bits per heavy atom. The average molecular weight is 482 g/mol. The molecule has 1 aliphatic heterocycles. The molecule has 0 atom stereocenters. The Kier molecular flexibility index (Phi) is 6.01. The average Bonchev–Trinajstić information content (AvgIpc) is 3.24. The quantitative estimate of drug-likeness (QED) is 0.433. The van der Waals surface area contributed by atoms with Gasteiger partial charge in [0.2, 0.25) is 10.0 Å². The summed E-state index contributed by atoms with van der Waals surface area (Å²) in [7, 11) is -3.52. The van der Waals surface area contributed by atoms with Crippen molar-refractivity contribution in [2.45, 2.75) is 24.2 Å². The molecule has 170 valence electrons. The van der Waals surface area contributed by atoms with Crippen molar-refractivity contribution in [1.82, 2.24) is 9.29 Å². The van der Waals surface area contributed by atoms with E-state index in [9.17, 15) is 13.2 Å². The molecule has 33 heavy (non-hydrogen) atoms. The molecule has 0 bridgehead atoms. The van der Waals surface area contributed by atoms with Crippen LogP contribution in [0.4, 0.5) is 5.13 Å². The van der Waals surface area contributed by atoms with Gasteiger partial charge in [0.15, 0.2) is 11.7 Å². The summed E-state index contributed by atoms with van der Waals surface area (Å²) < 4.78 is 33.8. The lowest BCUT2D eigenvalue weighted by Gasteiger charge is -2.25. The van der Waals surface area contributed by atoms with Crippen molar-refractivity contribution in [2.75, 3.05) is 25.0 Å². The minimum absolute atomic E-state index is 0.150. The van der Waals surface area contributed by atoms with Gasteiger partial charge in [-0.3, -0.25) is 10.1 Å². The van der Waals surface area contributed by atoms with Crippen LogP contribution in [0.3, 0.4) is 0 Å². The fourth-order valence-corrected chi connectivity index (χ4v) is 6.47. The number of sulfonamides is 1. The third-order valence-electron chi connectivity index (χ3n) is 5.65. The van der Waals surface area contributed by atoms with Crippen LogP contribution in [0.25, 0.3) is 21.0 Å². The number of benzene rings is 3. The molecule has 0 spiro atoms. The second-order valence-electron chi connectivity index (χ2n) is 7.96. The van der Waals surface area contributed by atoms with E-state index < -0.39 is 10.0 Å². The molecule has 1 fully saturated rings. The molecule has 0 unspecified atom stereocenters. The number of amides is 1. The van der Waals surface area contributed by atoms with Gasteiger partial charge in [-0.15, -0.1) is 0 Å². The smallest absolute Gasteiger partial charge is 0.264 e. The van der Waals surface area contributed by atoms with Crippen LogP contribution in [0.5, 0.6) is 5.75 Å². The molecule has 7 nitrogen and oxygen atoms in total. The molecule has 9 heteroatoms. The number of fused-ring (bicyclic) bond motifs is 2. The molecule has 0 saturated carbocycles. The summed E-state index contributed by atoms with van der Waals surface area (Å²) in [6, 6.07) is 18.5. The Balaban J connectivity index is 1.26. The molecular formula is C24H23N3O4S2. The number of hydrogen-bond acceptors (Lipinski definition) is 6. The van der Waals surface area contributed by atoms with Crippen LogP contribution in [0.2, 0.25) is 0 Å². The Hall–Kier alpha value is -3.01. The summed E-state index contributed by atoms with van der Waals surface area (Å²) in [5.41, 5.74) is 0.642. The fourth-order valence-electron chi connectivity index (χ4n) is 3.93.